The molecule has 1 heterocycles. The molecule has 0 aliphatic carbocycles. The van der Waals surface area contributed by atoms with Gasteiger partial charge in [0.15, 0.2) is 0 Å². The number of thiophene rings is 1. The van der Waals surface area contributed by atoms with E-state index in [0.29, 0.717) is 4.99 Å². The van der Waals surface area contributed by atoms with Crippen molar-refractivity contribution >= 4 is 50.2 Å². The molecule has 2 rings (SSSR count). The Morgan fingerprint density at radius 2 is 2.06 bits per heavy atom. The number of anilines is 1. The first-order chi connectivity index (χ1) is 8.56. The molecular weight excluding hydrogens is 328 g/mol. The van der Waals surface area contributed by atoms with Gasteiger partial charge in [-0.05, 0) is 46.3 Å². The SMILES string of the molecule is CN(Cc1cc(Br)cs1)c1ccc(C(N)=S)cc1. The van der Waals surface area contributed by atoms with Gasteiger partial charge in [-0.3, -0.25) is 0 Å². The zero-order valence-electron chi connectivity index (χ0n) is 9.89. The van der Waals surface area contributed by atoms with Crippen molar-refractivity contribution in [2.24, 2.45) is 5.73 Å². The number of nitrogens with zero attached hydrogens (tertiary/aromatic N) is 1. The number of benzene rings is 1. The predicted molar refractivity (Wildman–Crippen MR) is 86.5 cm³/mol. The van der Waals surface area contributed by atoms with Crippen LogP contribution >= 0.6 is 39.5 Å². The quantitative estimate of drug-likeness (QED) is 0.858. The van der Waals surface area contributed by atoms with Crippen LogP contribution in [0.2, 0.25) is 0 Å². The van der Waals surface area contributed by atoms with Crippen LogP contribution in [-0.4, -0.2) is 12.0 Å². The first-order valence-electron chi connectivity index (χ1n) is 5.40. The molecule has 2 N–H and O–H groups in total. The third kappa shape index (κ3) is 3.31. The lowest BCUT2D eigenvalue weighted by Crippen LogP contribution is -2.16. The molecule has 1 aromatic carbocycles. The van der Waals surface area contributed by atoms with Crippen molar-refractivity contribution in [2.45, 2.75) is 6.54 Å². The van der Waals surface area contributed by atoms with Crippen LogP contribution in [0.5, 0.6) is 0 Å². The lowest BCUT2D eigenvalue weighted by atomic mass is 10.2. The molecule has 18 heavy (non-hydrogen) atoms. The first kappa shape index (κ1) is 13.5. The maximum Gasteiger partial charge on any atom is 0.103 e. The summed E-state index contributed by atoms with van der Waals surface area (Å²) in [5.74, 6) is 0. The van der Waals surface area contributed by atoms with Gasteiger partial charge in [-0.2, -0.15) is 0 Å². The van der Waals surface area contributed by atoms with E-state index >= 15 is 0 Å². The molecule has 0 spiro atoms. The lowest BCUT2D eigenvalue weighted by Gasteiger charge is -2.18. The summed E-state index contributed by atoms with van der Waals surface area (Å²) in [7, 11) is 2.07. The Labute approximate surface area is 125 Å². The van der Waals surface area contributed by atoms with E-state index in [1.807, 2.05) is 24.3 Å². The number of thiocarbonyl (C=S) groups is 1. The average molecular weight is 341 g/mol. The highest BCUT2D eigenvalue weighted by Crippen LogP contribution is 2.23. The van der Waals surface area contributed by atoms with Gasteiger partial charge in [0.05, 0.1) is 6.54 Å². The van der Waals surface area contributed by atoms with Crippen LogP contribution in [0.1, 0.15) is 10.4 Å². The molecule has 2 aromatic rings. The van der Waals surface area contributed by atoms with Gasteiger partial charge >= 0.3 is 0 Å². The van der Waals surface area contributed by atoms with Gasteiger partial charge < -0.3 is 10.6 Å². The highest BCUT2D eigenvalue weighted by Gasteiger charge is 2.05. The van der Waals surface area contributed by atoms with Crippen molar-refractivity contribution in [3.63, 3.8) is 0 Å². The van der Waals surface area contributed by atoms with E-state index < -0.39 is 0 Å². The molecule has 0 saturated carbocycles. The van der Waals surface area contributed by atoms with Crippen molar-refractivity contribution in [1.29, 1.82) is 0 Å². The van der Waals surface area contributed by atoms with Gasteiger partial charge in [0.1, 0.15) is 4.99 Å². The molecule has 0 radical (unpaired) electrons. The Bertz CT molecular complexity index is 548. The predicted octanol–water partition coefficient (Wildman–Crippen LogP) is 3.78. The summed E-state index contributed by atoms with van der Waals surface area (Å²) in [6.07, 6.45) is 0. The zero-order chi connectivity index (χ0) is 13.1. The number of halogens is 1. The minimum atomic E-state index is 0.436. The van der Waals surface area contributed by atoms with Crippen molar-refractivity contribution in [3.05, 3.63) is 50.6 Å². The molecule has 94 valence electrons. The fourth-order valence-electron chi connectivity index (χ4n) is 1.64. The van der Waals surface area contributed by atoms with Gasteiger partial charge in [0, 0.05) is 33.0 Å². The summed E-state index contributed by atoms with van der Waals surface area (Å²) in [4.78, 5) is 3.95. The number of hydrogen-bond acceptors (Lipinski definition) is 3. The van der Waals surface area contributed by atoms with Crippen molar-refractivity contribution in [3.8, 4) is 0 Å². The molecule has 0 aliphatic heterocycles. The smallest absolute Gasteiger partial charge is 0.103 e. The van der Waals surface area contributed by atoms with Crippen molar-refractivity contribution < 1.29 is 0 Å². The maximum absolute atomic E-state index is 5.58. The summed E-state index contributed by atoms with van der Waals surface area (Å²) in [6.45, 7) is 0.892. The third-order valence-corrected chi connectivity index (χ3v) is 4.53. The highest BCUT2D eigenvalue weighted by atomic mass is 79.9. The van der Waals surface area contributed by atoms with E-state index in [-0.39, 0.29) is 0 Å². The minimum Gasteiger partial charge on any atom is -0.389 e. The van der Waals surface area contributed by atoms with E-state index in [0.717, 1.165) is 22.3 Å². The number of rotatable bonds is 4. The normalized spacial score (nSPS) is 10.3. The fourth-order valence-corrected chi connectivity index (χ4v) is 3.28. The number of nitrogens with two attached hydrogens (primary N) is 1. The zero-order valence-corrected chi connectivity index (χ0v) is 13.1. The summed E-state index contributed by atoms with van der Waals surface area (Å²) >= 11 is 10.2. The van der Waals surface area contributed by atoms with Crippen LogP contribution < -0.4 is 10.6 Å². The second-order valence-electron chi connectivity index (χ2n) is 4.00. The molecule has 0 fully saturated rings. The van der Waals surface area contributed by atoms with Crippen LogP contribution in [0.4, 0.5) is 5.69 Å². The first-order valence-corrected chi connectivity index (χ1v) is 7.48. The van der Waals surface area contributed by atoms with Gasteiger partial charge in [-0.15, -0.1) is 11.3 Å². The highest BCUT2D eigenvalue weighted by molar-refractivity contribution is 9.10. The van der Waals surface area contributed by atoms with E-state index in [1.165, 1.54) is 4.88 Å². The minimum absolute atomic E-state index is 0.436. The van der Waals surface area contributed by atoms with E-state index in [4.69, 9.17) is 18.0 Å². The van der Waals surface area contributed by atoms with Crippen LogP contribution in [0.15, 0.2) is 40.2 Å². The second-order valence-corrected chi connectivity index (χ2v) is 6.35. The summed E-state index contributed by atoms with van der Waals surface area (Å²) < 4.78 is 1.14. The Morgan fingerprint density at radius 3 is 2.56 bits per heavy atom. The van der Waals surface area contributed by atoms with Crippen LogP contribution in [0, 0.1) is 0 Å². The monoisotopic (exact) mass is 340 g/mol. The molecule has 1 aromatic heterocycles. The lowest BCUT2D eigenvalue weighted by molar-refractivity contribution is 0.940. The second kappa shape index (κ2) is 5.82. The van der Waals surface area contributed by atoms with Gasteiger partial charge in [-0.25, -0.2) is 0 Å². The van der Waals surface area contributed by atoms with Crippen LogP contribution in [0.3, 0.4) is 0 Å². The van der Waals surface area contributed by atoms with Crippen molar-refractivity contribution in [1.82, 2.24) is 0 Å². The molecule has 0 bridgehead atoms. The third-order valence-electron chi connectivity index (χ3n) is 2.61. The van der Waals surface area contributed by atoms with Crippen molar-refractivity contribution in [2.75, 3.05) is 11.9 Å². The maximum atomic E-state index is 5.58. The van der Waals surface area contributed by atoms with Gasteiger partial charge in [-0.1, -0.05) is 12.2 Å². The number of hydrogen-bond donors (Lipinski definition) is 1. The van der Waals surface area contributed by atoms with Crippen LogP contribution in [0.25, 0.3) is 0 Å². The molecule has 0 unspecified atom stereocenters. The van der Waals surface area contributed by atoms with Gasteiger partial charge in [0.25, 0.3) is 0 Å². The summed E-state index contributed by atoms with van der Waals surface area (Å²) in [6, 6.07) is 10.1. The molecule has 0 amide bonds. The van der Waals surface area contributed by atoms with E-state index in [1.54, 1.807) is 11.3 Å². The largest absolute Gasteiger partial charge is 0.389 e. The molecule has 5 heteroatoms. The van der Waals surface area contributed by atoms with Gasteiger partial charge in [0.2, 0.25) is 0 Å². The van der Waals surface area contributed by atoms with Crippen LogP contribution in [-0.2, 0) is 6.54 Å². The van der Waals surface area contributed by atoms with E-state index in [2.05, 4.69) is 39.3 Å². The topological polar surface area (TPSA) is 29.3 Å². The standard InChI is InChI=1S/C13H13BrN2S2/c1-16(7-12-6-10(14)8-18-12)11-4-2-9(3-5-11)13(15)17/h2-6,8H,7H2,1H3,(H2,15,17). The fraction of sp³-hybridized carbons (Fsp3) is 0.154. The Morgan fingerprint density at radius 1 is 1.39 bits per heavy atom. The summed E-state index contributed by atoms with van der Waals surface area (Å²) in [5, 5.41) is 2.10. The Hall–Kier alpha value is -0.910. The molecule has 0 atom stereocenters. The molecular formula is C13H13BrN2S2. The van der Waals surface area contributed by atoms with E-state index in [9.17, 15) is 0 Å². The Kier molecular flexibility index (Phi) is 4.37. The Balaban J connectivity index is 2.09. The molecule has 0 saturated heterocycles. The molecule has 2 nitrogen and oxygen atoms in total. The average Bonchev–Trinajstić information content (AvgIpc) is 2.75. The summed E-state index contributed by atoms with van der Waals surface area (Å²) in [5.41, 5.74) is 7.64. The molecule has 0 aliphatic rings.